The highest BCUT2D eigenvalue weighted by molar-refractivity contribution is 8.01. The average Bonchev–Trinajstić information content (AvgIpc) is 3.16. The Hall–Kier alpha value is -2.62. The molecule has 2 N–H and O–H groups in total. The van der Waals surface area contributed by atoms with Crippen LogP contribution < -0.4 is 15.4 Å². The molecule has 0 aliphatic rings. The third-order valence-corrected chi connectivity index (χ3v) is 6.12. The third-order valence-electron chi connectivity index (χ3n) is 3.76. The molecule has 1 aromatic heterocycles. The summed E-state index contributed by atoms with van der Waals surface area (Å²) in [4.78, 5) is 28.6. The van der Waals surface area contributed by atoms with Crippen molar-refractivity contribution in [1.29, 1.82) is 0 Å². The van der Waals surface area contributed by atoms with Gasteiger partial charge in [0.15, 0.2) is 4.34 Å². The maximum atomic E-state index is 13.2. The second kappa shape index (κ2) is 10.4. The van der Waals surface area contributed by atoms with E-state index in [1.807, 2.05) is 0 Å². The lowest BCUT2D eigenvalue weighted by Crippen LogP contribution is -2.15. The first-order valence-corrected chi connectivity index (χ1v) is 10.9. The highest BCUT2D eigenvalue weighted by atomic mass is 35.5. The van der Waals surface area contributed by atoms with Gasteiger partial charge in [-0.3, -0.25) is 9.59 Å². The van der Waals surface area contributed by atoms with Gasteiger partial charge in [-0.15, -0.1) is 11.3 Å². The van der Waals surface area contributed by atoms with Gasteiger partial charge in [-0.2, -0.15) is 0 Å². The maximum Gasteiger partial charge on any atom is 0.234 e. The van der Waals surface area contributed by atoms with Crippen LogP contribution in [0, 0.1) is 5.82 Å². The van der Waals surface area contributed by atoms with Gasteiger partial charge in [-0.1, -0.05) is 29.4 Å². The molecule has 0 saturated heterocycles. The zero-order valence-electron chi connectivity index (χ0n) is 15.8. The number of benzene rings is 2. The minimum Gasteiger partial charge on any atom is -0.497 e. The summed E-state index contributed by atoms with van der Waals surface area (Å²) in [6, 6.07) is 11.1. The Balaban J connectivity index is 1.47. The minimum atomic E-state index is -0.550. The summed E-state index contributed by atoms with van der Waals surface area (Å²) >= 11 is 8.35. The standard InChI is InChI=1S/C20H17ClFN3O3S2/c1-28-15-4-2-3-12(7-15)24-19(27)11-30-20-25-14(10-29-20)9-18(26)23-13-5-6-17(22)16(21)8-13/h2-8,10H,9,11H2,1H3,(H,23,26)(H,24,27). The summed E-state index contributed by atoms with van der Waals surface area (Å²) < 4.78 is 19.0. The van der Waals surface area contributed by atoms with E-state index in [-0.39, 0.29) is 29.0 Å². The van der Waals surface area contributed by atoms with Crippen LogP contribution in [0.5, 0.6) is 5.75 Å². The van der Waals surface area contributed by atoms with E-state index in [4.69, 9.17) is 16.3 Å². The van der Waals surface area contributed by atoms with Crippen molar-refractivity contribution in [1.82, 2.24) is 4.98 Å². The summed E-state index contributed by atoms with van der Waals surface area (Å²) in [6.45, 7) is 0. The molecule has 1 heterocycles. The van der Waals surface area contributed by atoms with Gasteiger partial charge < -0.3 is 15.4 Å². The first-order chi connectivity index (χ1) is 14.4. The fourth-order valence-electron chi connectivity index (χ4n) is 2.40. The van der Waals surface area contributed by atoms with Crippen molar-refractivity contribution in [2.75, 3.05) is 23.5 Å². The van der Waals surface area contributed by atoms with Gasteiger partial charge in [-0.05, 0) is 30.3 Å². The number of anilines is 2. The van der Waals surface area contributed by atoms with E-state index in [1.165, 1.54) is 41.3 Å². The van der Waals surface area contributed by atoms with Crippen LogP contribution in [0.15, 0.2) is 52.2 Å². The Kier molecular flexibility index (Phi) is 7.67. The molecule has 0 atom stereocenters. The second-order valence-corrected chi connectivity index (χ2v) is 8.52. The number of amides is 2. The zero-order valence-corrected chi connectivity index (χ0v) is 18.2. The Morgan fingerprint density at radius 3 is 2.70 bits per heavy atom. The van der Waals surface area contributed by atoms with Crippen LogP contribution in [0.25, 0.3) is 0 Å². The number of ether oxygens (including phenoxy) is 1. The molecule has 10 heteroatoms. The molecule has 0 unspecified atom stereocenters. The van der Waals surface area contributed by atoms with Gasteiger partial charge in [0.1, 0.15) is 11.6 Å². The van der Waals surface area contributed by atoms with Crippen molar-refractivity contribution in [2.45, 2.75) is 10.8 Å². The fourth-order valence-corrected chi connectivity index (χ4v) is 4.23. The molecule has 156 valence electrons. The Bertz CT molecular complexity index is 1060. The van der Waals surface area contributed by atoms with Gasteiger partial charge in [-0.25, -0.2) is 9.37 Å². The van der Waals surface area contributed by atoms with Gasteiger partial charge in [0, 0.05) is 22.8 Å². The number of aromatic nitrogens is 1. The molecule has 6 nitrogen and oxygen atoms in total. The normalized spacial score (nSPS) is 10.5. The van der Waals surface area contributed by atoms with Crippen LogP contribution in [0.2, 0.25) is 5.02 Å². The molecule has 0 fully saturated rings. The van der Waals surface area contributed by atoms with Crippen molar-refractivity contribution >= 4 is 57.9 Å². The van der Waals surface area contributed by atoms with E-state index >= 15 is 0 Å². The highest BCUT2D eigenvalue weighted by Crippen LogP contribution is 2.24. The molecule has 2 amide bonds. The van der Waals surface area contributed by atoms with Crippen molar-refractivity contribution in [3.63, 3.8) is 0 Å². The lowest BCUT2D eigenvalue weighted by molar-refractivity contribution is -0.116. The molecular weight excluding hydrogens is 449 g/mol. The largest absolute Gasteiger partial charge is 0.497 e. The summed E-state index contributed by atoms with van der Waals surface area (Å²) in [6.07, 6.45) is 0.0576. The lowest BCUT2D eigenvalue weighted by atomic mass is 10.3. The number of rotatable bonds is 8. The van der Waals surface area contributed by atoms with E-state index in [1.54, 1.807) is 36.8 Å². The average molecular weight is 466 g/mol. The molecule has 30 heavy (non-hydrogen) atoms. The van der Waals surface area contributed by atoms with Crippen molar-refractivity contribution < 1.29 is 18.7 Å². The third kappa shape index (κ3) is 6.45. The number of hydrogen-bond donors (Lipinski definition) is 2. The van der Waals surface area contributed by atoms with E-state index in [0.717, 1.165) is 0 Å². The number of thiazole rings is 1. The number of thioether (sulfide) groups is 1. The lowest BCUT2D eigenvalue weighted by Gasteiger charge is -2.06. The number of carbonyl (C=O) groups is 2. The topological polar surface area (TPSA) is 80.3 Å². The smallest absolute Gasteiger partial charge is 0.234 e. The van der Waals surface area contributed by atoms with Gasteiger partial charge in [0.2, 0.25) is 11.8 Å². The monoisotopic (exact) mass is 465 g/mol. The van der Waals surface area contributed by atoms with E-state index < -0.39 is 5.82 Å². The number of methoxy groups -OCH3 is 1. The Morgan fingerprint density at radius 2 is 1.93 bits per heavy atom. The molecular formula is C20H17ClFN3O3S2. The number of carbonyl (C=O) groups excluding carboxylic acids is 2. The number of nitrogens with zero attached hydrogens (tertiary/aromatic N) is 1. The molecule has 3 aromatic rings. The van der Waals surface area contributed by atoms with Crippen LogP contribution in [0.4, 0.5) is 15.8 Å². The quantitative estimate of drug-likeness (QED) is 0.464. The molecule has 0 aliphatic heterocycles. The molecule has 2 aromatic carbocycles. The van der Waals surface area contributed by atoms with Crippen LogP contribution in [0.3, 0.4) is 0 Å². The van der Waals surface area contributed by atoms with E-state index in [2.05, 4.69) is 15.6 Å². The van der Waals surface area contributed by atoms with E-state index in [0.29, 0.717) is 27.2 Å². The molecule has 0 radical (unpaired) electrons. The SMILES string of the molecule is COc1cccc(NC(=O)CSc2nc(CC(=O)Nc3ccc(F)c(Cl)c3)cs2)c1. The van der Waals surface area contributed by atoms with Gasteiger partial charge in [0.25, 0.3) is 0 Å². The zero-order chi connectivity index (χ0) is 21.5. The molecule has 3 rings (SSSR count). The predicted molar refractivity (Wildman–Crippen MR) is 118 cm³/mol. The predicted octanol–water partition coefficient (Wildman–Crippen LogP) is 4.86. The van der Waals surface area contributed by atoms with Crippen LogP contribution >= 0.6 is 34.7 Å². The van der Waals surface area contributed by atoms with Gasteiger partial charge in [0.05, 0.1) is 30.0 Å². The summed E-state index contributed by atoms with van der Waals surface area (Å²) in [5.74, 6) is -0.173. The number of halogens is 2. The first-order valence-electron chi connectivity index (χ1n) is 8.69. The fraction of sp³-hybridized carbons (Fsp3) is 0.150. The molecule has 0 aliphatic carbocycles. The Labute approximate surface area is 185 Å². The molecule has 0 saturated carbocycles. The first kappa shape index (κ1) is 22.1. The number of nitrogens with one attached hydrogen (secondary N) is 2. The van der Waals surface area contributed by atoms with Crippen molar-refractivity contribution in [2.24, 2.45) is 0 Å². The minimum absolute atomic E-state index is 0.0576. The van der Waals surface area contributed by atoms with Crippen molar-refractivity contribution in [3.8, 4) is 5.75 Å². The maximum absolute atomic E-state index is 13.2. The van der Waals surface area contributed by atoms with Crippen LogP contribution in [-0.4, -0.2) is 29.7 Å². The summed E-state index contributed by atoms with van der Waals surface area (Å²) in [5, 5.41) is 7.15. The van der Waals surface area contributed by atoms with Crippen molar-refractivity contribution in [3.05, 3.63) is 64.4 Å². The highest BCUT2D eigenvalue weighted by Gasteiger charge is 2.11. The molecule has 0 bridgehead atoms. The molecule has 0 spiro atoms. The van der Waals surface area contributed by atoms with Crippen LogP contribution in [0.1, 0.15) is 5.69 Å². The summed E-state index contributed by atoms with van der Waals surface area (Å²) in [7, 11) is 1.56. The Morgan fingerprint density at radius 1 is 1.17 bits per heavy atom. The van der Waals surface area contributed by atoms with Crippen LogP contribution in [-0.2, 0) is 16.0 Å². The second-order valence-electron chi connectivity index (χ2n) is 6.03. The van der Waals surface area contributed by atoms with E-state index in [9.17, 15) is 14.0 Å². The van der Waals surface area contributed by atoms with Gasteiger partial charge >= 0.3 is 0 Å². The summed E-state index contributed by atoms with van der Waals surface area (Å²) in [5.41, 5.74) is 1.64. The number of hydrogen-bond acceptors (Lipinski definition) is 6.